The molecule has 116 valence electrons. The van der Waals surface area contributed by atoms with E-state index in [0.29, 0.717) is 11.4 Å². The van der Waals surface area contributed by atoms with Gasteiger partial charge >= 0.3 is 0 Å². The molecule has 1 amide bonds. The number of thiazole rings is 1. The Labute approximate surface area is 140 Å². The van der Waals surface area contributed by atoms with E-state index in [9.17, 15) is 4.79 Å². The number of hydrogen-bond donors (Lipinski definition) is 1. The average Bonchev–Trinajstić information content (AvgIpc) is 2.94. The molecule has 21 heavy (non-hydrogen) atoms. The largest absolute Gasteiger partial charge is 0.340 e. The Balaban J connectivity index is 0.00000200. The monoisotopic (exact) mass is 348 g/mol. The molecule has 0 spiro atoms. The maximum Gasteiger partial charge on any atom is 0.265 e. The first-order valence-electron chi connectivity index (χ1n) is 5.98. The quantitative estimate of drug-likeness (QED) is 0.900. The van der Waals surface area contributed by atoms with Gasteiger partial charge in [0.15, 0.2) is 0 Å². The van der Waals surface area contributed by atoms with Gasteiger partial charge in [0, 0.05) is 38.1 Å². The Morgan fingerprint density at radius 1 is 1.33 bits per heavy atom. The van der Waals surface area contributed by atoms with Crippen molar-refractivity contribution in [2.75, 3.05) is 27.2 Å². The third-order valence-corrected chi connectivity index (χ3v) is 3.72. The van der Waals surface area contributed by atoms with Crippen molar-refractivity contribution in [2.45, 2.75) is 0 Å². The van der Waals surface area contributed by atoms with E-state index in [-0.39, 0.29) is 30.7 Å². The lowest BCUT2D eigenvalue weighted by Gasteiger charge is -2.15. The molecule has 0 aliphatic carbocycles. The van der Waals surface area contributed by atoms with Gasteiger partial charge in [-0.1, -0.05) is 0 Å². The fraction of sp³-hybridized carbons (Fsp3) is 0.308. The summed E-state index contributed by atoms with van der Waals surface area (Å²) in [6.45, 7) is 1.45. The predicted octanol–water partition coefficient (Wildman–Crippen LogP) is 2.34. The van der Waals surface area contributed by atoms with Crippen molar-refractivity contribution in [3.8, 4) is 10.6 Å². The van der Waals surface area contributed by atoms with E-state index in [0.717, 1.165) is 17.1 Å². The van der Waals surface area contributed by atoms with Gasteiger partial charge in [0.1, 0.15) is 9.88 Å². The first-order chi connectivity index (χ1) is 9.22. The molecule has 0 radical (unpaired) electrons. The number of likely N-dealkylation sites (N-methyl/N-ethyl adjacent to an activating group) is 2. The van der Waals surface area contributed by atoms with E-state index in [1.807, 2.05) is 19.2 Å². The van der Waals surface area contributed by atoms with Crippen molar-refractivity contribution in [1.29, 1.82) is 0 Å². The summed E-state index contributed by atoms with van der Waals surface area (Å²) in [6.07, 6.45) is 5.08. The molecular formula is C13H18Cl2N4OS. The van der Waals surface area contributed by atoms with E-state index in [2.05, 4.69) is 15.3 Å². The highest BCUT2D eigenvalue weighted by Crippen LogP contribution is 2.24. The van der Waals surface area contributed by atoms with Gasteiger partial charge in [-0.3, -0.25) is 9.78 Å². The fourth-order valence-corrected chi connectivity index (χ4v) is 2.49. The minimum atomic E-state index is 0. The molecule has 2 heterocycles. The lowest BCUT2D eigenvalue weighted by molar-refractivity contribution is 0.0801. The number of hydrogen-bond acceptors (Lipinski definition) is 5. The summed E-state index contributed by atoms with van der Waals surface area (Å²) in [5, 5.41) is 3.86. The zero-order valence-electron chi connectivity index (χ0n) is 11.8. The van der Waals surface area contributed by atoms with Crippen LogP contribution in [0.5, 0.6) is 0 Å². The summed E-state index contributed by atoms with van der Waals surface area (Å²) in [5.41, 5.74) is 0.983. The first-order valence-corrected chi connectivity index (χ1v) is 6.80. The molecule has 0 atom stereocenters. The van der Waals surface area contributed by atoms with Gasteiger partial charge in [0.2, 0.25) is 0 Å². The summed E-state index contributed by atoms with van der Waals surface area (Å²) in [7, 11) is 3.66. The third kappa shape index (κ3) is 5.24. The molecule has 1 N–H and O–H groups in total. The second-order valence-electron chi connectivity index (χ2n) is 4.10. The molecule has 8 heteroatoms. The lowest BCUT2D eigenvalue weighted by Crippen LogP contribution is -2.32. The summed E-state index contributed by atoms with van der Waals surface area (Å²) in [5.74, 6) is 0.00746. The minimum absolute atomic E-state index is 0. The zero-order chi connectivity index (χ0) is 13.7. The van der Waals surface area contributed by atoms with E-state index < -0.39 is 0 Å². The first kappa shape index (κ1) is 19.8. The zero-order valence-corrected chi connectivity index (χ0v) is 14.2. The number of carbonyl (C=O) groups excluding carboxylic acids is 1. The van der Waals surface area contributed by atoms with Crippen molar-refractivity contribution in [3.05, 3.63) is 35.6 Å². The molecule has 0 bridgehead atoms. The summed E-state index contributed by atoms with van der Waals surface area (Å²) >= 11 is 1.41. The summed E-state index contributed by atoms with van der Waals surface area (Å²) in [4.78, 5) is 22.8. The molecule has 0 aliphatic heterocycles. The van der Waals surface area contributed by atoms with Gasteiger partial charge < -0.3 is 10.2 Å². The van der Waals surface area contributed by atoms with Crippen molar-refractivity contribution in [1.82, 2.24) is 20.2 Å². The van der Waals surface area contributed by atoms with Crippen LogP contribution in [0.2, 0.25) is 0 Å². The number of nitrogens with zero attached hydrogens (tertiary/aromatic N) is 3. The smallest absolute Gasteiger partial charge is 0.265 e. The van der Waals surface area contributed by atoms with E-state index in [1.54, 1.807) is 30.5 Å². The van der Waals surface area contributed by atoms with Crippen LogP contribution in [0.25, 0.3) is 10.6 Å². The number of carbonyl (C=O) groups is 1. The Bertz CT molecular complexity index is 550. The highest BCUT2D eigenvalue weighted by atomic mass is 35.5. The van der Waals surface area contributed by atoms with Gasteiger partial charge in [0.05, 0.1) is 6.20 Å². The number of pyridine rings is 1. The topological polar surface area (TPSA) is 58.1 Å². The molecule has 0 aromatic carbocycles. The van der Waals surface area contributed by atoms with Gasteiger partial charge in [-0.2, -0.15) is 0 Å². The molecule has 0 saturated carbocycles. The summed E-state index contributed by atoms with van der Waals surface area (Å²) < 4.78 is 0. The molecule has 0 fully saturated rings. The number of nitrogens with one attached hydrogen (secondary N) is 1. The SMILES string of the molecule is CNCCN(C)C(=O)c1cnc(-c2ccncc2)s1.Cl.Cl. The average molecular weight is 349 g/mol. The van der Waals surface area contributed by atoms with Crippen molar-refractivity contribution in [3.63, 3.8) is 0 Å². The number of aromatic nitrogens is 2. The molecule has 0 aliphatic rings. The molecule has 2 aromatic heterocycles. The van der Waals surface area contributed by atoms with E-state index in [4.69, 9.17) is 0 Å². The van der Waals surface area contributed by atoms with Crippen LogP contribution in [0.1, 0.15) is 9.67 Å². The van der Waals surface area contributed by atoms with E-state index >= 15 is 0 Å². The van der Waals surface area contributed by atoms with Gasteiger partial charge in [-0.15, -0.1) is 36.2 Å². The van der Waals surface area contributed by atoms with Crippen molar-refractivity contribution in [2.24, 2.45) is 0 Å². The van der Waals surface area contributed by atoms with Crippen molar-refractivity contribution < 1.29 is 4.79 Å². The fourth-order valence-electron chi connectivity index (χ4n) is 1.57. The van der Waals surface area contributed by atoms with Gasteiger partial charge in [-0.05, 0) is 19.2 Å². The Morgan fingerprint density at radius 2 is 2.00 bits per heavy atom. The second-order valence-corrected chi connectivity index (χ2v) is 5.13. The molecule has 2 aromatic rings. The Morgan fingerprint density at radius 3 is 2.62 bits per heavy atom. The highest BCUT2D eigenvalue weighted by Gasteiger charge is 2.15. The van der Waals surface area contributed by atoms with Crippen LogP contribution < -0.4 is 5.32 Å². The molecule has 5 nitrogen and oxygen atoms in total. The van der Waals surface area contributed by atoms with Crippen LogP contribution >= 0.6 is 36.2 Å². The van der Waals surface area contributed by atoms with Crippen LogP contribution in [0.3, 0.4) is 0 Å². The van der Waals surface area contributed by atoms with Crippen LogP contribution in [-0.4, -0.2) is 48.0 Å². The molecule has 0 unspecified atom stereocenters. The maximum absolute atomic E-state index is 12.2. The molecule has 2 rings (SSSR count). The van der Waals surface area contributed by atoms with E-state index in [1.165, 1.54) is 11.3 Å². The van der Waals surface area contributed by atoms with Crippen molar-refractivity contribution >= 4 is 42.1 Å². The Hall–Kier alpha value is -1.21. The lowest BCUT2D eigenvalue weighted by atomic mass is 10.3. The van der Waals surface area contributed by atoms with Crippen LogP contribution in [0.15, 0.2) is 30.7 Å². The number of rotatable bonds is 5. The summed E-state index contributed by atoms with van der Waals surface area (Å²) in [6, 6.07) is 3.77. The predicted molar refractivity (Wildman–Crippen MR) is 90.7 cm³/mol. The van der Waals surface area contributed by atoms with Crippen LogP contribution in [0.4, 0.5) is 0 Å². The highest BCUT2D eigenvalue weighted by molar-refractivity contribution is 7.16. The standard InChI is InChI=1S/C13H16N4OS.2ClH/c1-14-7-8-17(2)13(18)11-9-16-12(19-11)10-3-5-15-6-4-10;;/h3-6,9,14H,7-8H2,1-2H3;2*1H. The maximum atomic E-state index is 12.2. The van der Waals surface area contributed by atoms with Gasteiger partial charge in [0.25, 0.3) is 5.91 Å². The number of amides is 1. The van der Waals surface area contributed by atoms with Crippen LogP contribution in [-0.2, 0) is 0 Å². The third-order valence-electron chi connectivity index (χ3n) is 2.69. The second kappa shape index (κ2) is 9.68. The van der Waals surface area contributed by atoms with Gasteiger partial charge in [-0.25, -0.2) is 4.98 Å². The normalized spacial score (nSPS) is 9.43. The Kier molecular flexibility index (Phi) is 9.12. The minimum Gasteiger partial charge on any atom is -0.340 e. The molecular weight excluding hydrogens is 331 g/mol. The number of halogens is 2. The van der Waals surface area contributed by atoms with Crippen LogP contribution in [0, 0.1) is 0 Å². The molecule has 0 saturated heterocycles.